The molecule has 8 heteroatoms. The second kappa shape index (κ2) is 9.38. The van der Waals surface area contributed by atoms with Crippen molar-refractivity contribution >= 4 is 23.7 Å². The van der Waals surface area contributed by atoms with E-state index in [-0.39, 0.29) is 12.3 Å². The highest BCUT2D eigenvalue weighted by molar-refractivity contribution is 6.12. The van der Waals surface area contributed by atoms with Gasteiger partial charge in [0, 0.05) is 11.3 Å². The fourth-order valence-electron chi connectivity index (χ4n) is 4.24. The van der Waals surface area contributed by atoms with Gasteiger partial charge in [-0.2, -0.15) is 0 Å². The number of benzene rings is 1. The number of esters is 1. The molecule has 32 heavy (non-hydrogen) atoms. The molecule has 170 valence electrons. The summed E-state index contributed by atoms with van der Waals surface area (Å²) in [5.41, 5.74) is 0.930. The lowest BCUT2D eigenvalue weighted by molar-refractivity contribution is -0.131. The zero-order valence-corrected chi connectivity index (χ0v) is 18.9. The number of nitrogens with zero attached hydrogens (tertiary/aromatic N) is 1. The third-order valence-corrected chi connectivity index (χ3v) is 5.85. The van der Waals surface area contributed by atoms with Gasteiger partial charge in [-0.05, 0) is 38.3 Å². The van der Waals surface area contributed by atoms with Crippen LogP contribution in [-0.4, -0.2) is 46.7 Å². The van der Waals surface area contributed by atoms with E-state index in [1.807, 2.05) is 37.3 Å². The first-order valence-electron chi connectivity index (χ1n) is 10.9. The lowest BCUT2D eigenvalue weighted by Crippen LogP contribution is -2.44. The van der Waals surface area contributed by atoms with E-state index in [1.165, 1.54) is 0 Å². The molecule has 1 aromatic carbocycles. The van der Waals surface area contributed by atoms with Crippen LogP contribution >= 0.6 is 0 Å². The van der Waals surface area contributed by atoms with E-state index < -0.39 is 35.8 Å². The van der Waals surface area contributed by atoms with Crippen molar-refractivity contribution in [1.82, 2.24) is 15.2 Å². The summed E-state index contributed by atoms with van der Waals surface area (Å²) in [6.45, 7) is 6.83. The molecule has 0 saturated carbocycles. The Morgan fingerprint density at radius 3 is 2.41 bits per heavy atom. The first-order chi connectivity index (χ1) is 15.3. The van der Waals surface area contributed by atoms with Crippen LogP contribution in [0.15, 0.2) is 30.3 Å². The predicted octanol–water partition coefficient (Wildman–Crippen LogP) is 3.63. The maximum atomic E-state index is 13.5. The van der Waals surface area contributed by atoms with Crippen LogP contribution in [0.5, 0.6) is 0 Å². The van der Waals surface area contributed by atoms with Crippen molar-refractivity contribution in [2.45, 2.75) is 52.5 Å². The molecule has 3 rings (SSSR count). The van der Waals surface area contributed by atoms with Crippen molar-refractivity contribution in [3.63, 3.8) is 0 Å². The number of aromatic amines is 1. The summed E-state index contributed by atoms with van der Waals surface area (Å²) in [6, 6.07) is 8.51. The molecule has 0 spiro atoms. The number of hydrogen-bond acceptors (Lipinski definition) is 5. The Bertz CT molecular complexity index is 1040. The van der Waals surface area contributed by atoms with Gasteiger partial charge in [0.25, 0.3) is 5.91 Å². The van der Waals surface area contributed by atoms with Crippen molar-refractivity contribution in [3.8, 4) is 0 Å². The van der Waals surface area contributed by atoms with Crippen LogP contribution in [0.1, 0.15) is 70.8 Å². The van der Waals surface area contributed by atoms with E-state index in [0.29, 0.717) is 28.8 Å². The Kier molecular flexibility index (Phi) is 6.81. The largest absolute Gasteiger partial charge is 0.461 e. The summed E-state index contributed by atoms with van der Waals surface area (Å²) < 4.78 is 5.03. The minimum Gasteiger partial charge on any atom is -0.461 e. The minimum atomic E-state index is -1.19. The average Bonchev–Trinajstić information content (AvgIpc) is 3.21. The van der Waals surface area contributed by atoms with E-state index in [9.17, 15) is 19.2 Å². The lowest BCUT2D eigenvalue weighted by Gasteiger charge is -2.27. The maximum Gasteiger partial charge on any atom is 0.355 e. The lowest BCUT2D eigenvalue weighted by atomic mass is 9.85. The molecular formula is C24H29N3O5. The van der Waals surface area contributed by atoms with Crippen molar-refractivity contribution in [1.29, 1.82) is 0 Å². The fourth-order valence-corrected chi connectivity index (χ4v) is 4.24. The van der Waals surface area contributed by atoms with Gasteiger partial charge in [0.05, 0.1) is 13.2 Å². The smallest absolute Gasteiger partial charge is 0.355 e. The summed E-state index contributed by atoms with van der Waals surface area (Å²) in [6.07, 6.45) is 2.04. The van der Waals surface area contributed by atoms with Crippen LogP contribution in [0.2, 0.25) is 0 Å². The first-order valence-corrected chi connectivity index (χ1v) is 10.9. The number of aromatic nitrogens is 1. The number of amides is 3. The van der Waals surface area contributed by atoms with Crippen molar-refractivity contribution < 1.29 is 23.9 Å². The number of ketones is 1. The molecule has 0 bridgehead atoms. The molecule has 1 aromatic heterocycles. The highest BCUT2D eigenvalue weighted by Crippen LogP contribution is 2.34. The molecule has 1 saturated heterocycles. The number of urea groups is 1. The number of H-pyrrole nitrogens is 1. The van der Waals surface area contributed by atoms with Gasteiger partial charge in [0.15, 0.2) is 5.78 Å². The van der Waals surface area contributed by atoms with Gasteiger partial charge in [-0.25, -0.2) is 9.59 Å². The zero-order chi connectivity index (χ0) is 23.5. The fraction of sp³-hybridized carbons (Fsp3) is 0.417. The molecule has 2 N–H and O–H groups in total. The standard InChI is InChI=1S/C24H29N3O5/c1-5-7-13-24(17-11-9-8-10-12-17)22(30)27(23(31)26-24)14-18(28)19-15(3)20(25-16(19)4)21(29)32-6-2/h8-12,25H,5-7,13-14H2,1-4H3,(H,26,31). The monoisotopic (exact) mass is 439 g/mol. The molecule has 0 aliphatic carbocycles. The van der Waals surface area contributed by atoms with Crippen LogP contribution in [0, 0.1) is 13.8 Å². The van der Waals surface area contributed by atoms with Crippen molar-refractivity contribution in [2.75, 3.05) is 13.2 Å². The first kappa shape index (κ1) is 23.2. The second-order valence-electron chi connectivity index (χ2n) is 7.97. The molecule has 1 aliphatic heterocycles. The maximum absolute atomic E-state index is 13.5. The van der Waals surface area contributed by atoms with Gasteiger partial charge in [-0.3, -0.25) is 14.5 Å². The number of ether oxygens (including phenoxy) is 1. The van der Waals surface area contributed by atoms with E-state index in [1.54, 1.807) is 20.8 Å². The van der Waals surface area contributed by atoms with Gasteiger partial charge in [0.2, 0.25) is 0 Å². The summed E-state index contributed by atoms with van der Waals surface area (Å²) in [5.74, 6) is -1.41. The average molecular weight is 440 g/mol. The van der Waals surface area contributed by atoms with Crippen molar-refractivity contribution in [3.05, 3.63) is 58.4 Å². The molecule has 2 aromatic rings. The van der Waals surface area contributed by atoms with E-state index in [4.69, 9.17) is 4.74 Å². The quantitative estimate of drug-likeness (QED) is 0.352. The van der Waals surface area contributed by atoms with E-state index in [0.717, 1.165) is 17.7 Å². The molecule has 1 fully saturated rings. The van der Waals surface area contributed by atoms with Crippen LogP contribution in [-0.2, 0) is 15.1 Å². The number of unbranched alkanes of at least 4 members (excludes halogenated alkanes) is 1. The Balaban J connectivity index is 1.90. The number of nitrogens with one attached hydrogen (secondary N) is 2. The van der Waals surface area contributed by atoms with Gasteiger partial charge >= 0.3 is 12.0 Å². The Morgan fingerprint density at radius 2 is 1.78 bits per heavy atom. The molecule has 0 radical (unpaired) electrons. The molecule has 1 unspecified atom stereocenters. The number of carbonyl (C=O) groups is 4. The Hall–Kier alpha value is -3.42. The second-order valence-corrected chi connectivity index (χ2v) is 7.97. The van der Waals surface area contributed by atoms with E-state index in [2.05, 4.69) is 10.3 Å². The minimum absolute atomic E-state index is 0.200. The number of Topliss-reactive ketones (excluding diaryl/α,β-unsaturated/α-hetero) is 1. The zero-order valence-electron chi connectivity index (χ0n) is 18.9. The van der Waals surface area contributed by atoms with Crippen LogP contribution in [0.25, 0.3) is 0 Å². The Labute approximate surface area is 187 Å². The van der Waals surface area contributed by atoms with Crippen LogP contribution in [0.3, 0.4) is 0 Å². The van der Waals surface area contributed by atoms with Gasteiger partial charge < -0.3 is 15.0 Å². The third kappa shape index (κ3) is 4.04. The number of aryl methyl sites for hydroxylation is 1. The molecule has 8 nitrogen and oxygen atoms in total. The Morgan fingerprint density at radius 1 is 1.09 bits per heavy atom. The highest BCUT2D eigenvalue weighted by Gasteiger charge is 2.52. The number of rotatable bonds is 9. The SMILES string of the molecule is CCCCC1(c2ccccc2)NC(=O)N(CC(=O)c2c(C)[nH]c(C(=O)OCC)c2C)C1=O. The topological polar surface area (TPSA) is 109 Å². The van der Waals surface area contributed by atoms with Gasteiger partial charge in [-0.15, -0.1) is 0 Å². The normalized spacial score (nSPS) is 18.1. The number of carbonyl (C=O) groups excluding carboxylic acids is 4. The number of imide groups is 1. The molecule has 3 amide bonds. The van der Waals surface area contributed by atoms with Gasteiger partial charge in [-0.1, -0.05) is 50.1 Å². The van der Waals surface area contributed by atoms with Crippen LogP contribution < -0.4 is 5.32 Å². The molecule has 1 atom stereocenters. The molecule has 1 aliphatic rings. The number of hydrogen-bond donors (Lipinski definition) is 2. The molecule has 2 heterocycles. The predicted molar refractivity (Wildman–Crippen MR) is 118 cm³/mol. The summed E-state index contributed by atoms with van der Waals surface area (Å²) >= 11 is 0. The van der Waals surface area contributed by atoms with Gasteiger partial charge in [0.1, 0.15) is 11.2 Å². The summed E-state index contributed by atoms with van der Waals surface area (Å²) in [5, 5.41) is 2.85. The van der Waals surface area contributed by atoms with Crippen molar-refractivity contribution in [2.24, 2.45) is 0 Å². The highest BCUT2D eigenvalue weighted by atomic mass is 16.5. The van der Waals surface area contributed by atoms with E-state index >= 15 is 0 Å². The summed E-state index contributed by atoms with van der Waals surface area (Å²) in [7, 11) is 0. The molecular weight excluding hydrogens is 410 g/mol. The third-order valence-electron chi connectivity index (χ3n) is 5.85. The summed E-state index contributed by atoms with van der Waals surface area (Å²) in [4.78, 5) is 55.5. The van der Waals surface area contributed by atoms with Crippen LogP contribution in [0.4, 0.5) is 4.79 Å².